The molecular weight excluding hydrogens is 328 g/mol. The number of carbonyl (C=O) groups excluding carboxylic acids is 1. The number of nitrogens with two attached hydrogens (primary N) is 1. The fourth-order valence-corrected chi connectivity index (χ4v) is 2.67. The first-order chi connectivity index (χ1) is 12.7. The third-order valence-corrected chi connectivity index (χ3v) is 4.03. The first-order valence-electron chi connectivity index (χ1n) is 8.09. The Hall–Kier alpha value is -3.74. The van der Waals surface area contributed by atoms with Crippen molar-refractivity contribution in [2.75, 3.05) is 5.32 Å². The Labute approximate surface area is 149 Å². The summed E-state index contributed by atoms with van der Waals surface area (Å²) in [6.07, 6.45) is 1.48. The van der Waals surface area contributed by atoms with Gasteiger partial charge in [-0.05, 0) is 17.7 Å². The first kappa shape index (κ1) is 15.8. The Bertz CT molecular complexity index is 1060. The van der Waals surface area contributed by atoms with Gasteiger partial charge >= 0.3 is 0 Å². The number of hydrogen-bond donors (Lipinski definition) is 2. The third kappa shape index (κ3) is 3.10. The van der Waals surface area contributed by atoms with Crippen LogP contribution in [0.25, 0.3) is 17.0 Å². The topological polar surface area (TPSA) is 98.2 Å². The summed E-state index contributed by atoms with van der Waals surface area (Å²) in [5.74, 6) is 0.874. The molecule has 128 valence electrons. The Kier molecular flexibility index (Phi) is 4.03. The zero-order valence-corrected chi connectivity index (χ0v) is 13.8. The lowest BCUT2D eigenvalue weighted by molar-refractivity contribution is 0.100. The molecule has 0 aliphatic carbocycles. The Morgan fingerprint density at radius 2 is 1.85 bits per heavy atom. The molecule has 0 saturated heterocycles. The number of aromatic nitrogens is 4. The van der Waals surface area contributed by atoms with E-state index in [9.17, 15) is 4.79 Å². The van der Waals surface area contributed by atoms with Crippen LogP contribution in [0.5, 0.6) is 0 Å². The van der Waals surface area contributed by atoms with Crippen LogP contribution in [0.2, 0.25) is 0 Å². The third-order valence-electron chi connectivity index (χ3n) is 4.03. The van der Waals surface area contributed by atoms with E-state index in [1.807, 2.05) is 48.5 Å². The molecule has 0 unspecified atom stereocenters. The largest absolute Gasteiger partial charge is 0.366 e. The highest BCUT2D eigenvalue weighted by Gasteiger charge is 2.09. The molecule has 0 aliphatic rings. The number of fused-ring (bicyclic) bond motifs is 1. The van der Waals surface area contributed by atoms with Gasteiger partial charge in [0.05, 0.1) is 5.69 Å². The molecule has 0 saturated carbocycles. The summed E-state index contributed by atoms with van der Waals surface area (Å²) in [5, 5.41) is 7.58. The second-order valence-corrected chi connectivity index (χ2v) is 5.78. The van der Waals surface area contributed by atoms with Crippen molar-refractivity contribution in [2.45, 2.75) is 6.54 Å². The van der Waals surface area contributed by atoms with Crippen molar-refractivity contribution in [3.63, 3.8) is 0 Å². The van der Waals surface area contributed by atoms with E-state index in [1.54, 1.807) is 16.6 Å². The summed E-state index contributed by atoms with van der Waals surface area (Å²) in [5.41, 5.74) is 8.60. The summed E-state index contributed by atoms with van der Waals surface area (Å²) in [7, 11) is 0. The number of benzene rings is 2. The standard InChI is InChI=1S/C19H16N6O/c20-18(26)15-8-6-13(7-9-15)11-21-17-10-16(14-4-2-1-3-5-14)24-19-22-12-23-25(17)19/h1-10,12,21H,11H2,(H2,20,26). The molecule has 1 amide bonds. The lowest BCUT2D eigenvalue weighted by Gasteiger charge is -2.10. The minimum Gasteiger partial charge on any atom is -0.366 e. The van der Waals surface area contributed by atoms with E-state index in [4.69, 9.17) is 5.73 Å². The molecular formula is C19H16N6O. The minimum atomic E-state index is -0.435. The molecule has 0 radical (unpaired) electrons. The van der Waals surface area contributed by atoms with Gasteiger partial charge in [0.25, 0.3) is 5.78 Å². The average molecular weight is 344 g/mol. The predicted octanol–water partition coefficient (Wildman–Crippen LogP) is 2.50. The predicted molar refractivity (Wildman–Crippen MR) is 98.5 cm³/mol. The molecule has 4 aromatic rings. The van der Waals surface area contributed by atoms with Gasteiger partial charge in [0.2, 0.25) is 5.91 Å². The van der Waals surface area contributed by atoms with Crippen molar-refractivity contribution in [1.29, 1.82) is 0 Å². The van der Waals surface area contributed by atoms with Crippen LogP contribution in [0.1, 0.15) is 15.9 Å². The minimum absolute atomic E-state index is 0.435. The number of carbonyl (C=O) groups is 1. The van der Waals surface area contributed by atoms with E-state index in [0.29, 0.717) is 17.9 Å². The number of amides is 1. The zero-order valence-electron chi connectivity index (χ0n) is 13.8. The van der Waals surface area contributed by atoms with Crippen LogP contribution in [0, 0.1) is 0 Å². The molecule has 2 heterocycles. The highest BCUT2D eigenvalue weighted by Crippen LogP contribution is 2.21. The molecule has 26 heavy (non-hydrogen) atoms. The van der Waals surface area contributed by atoms with Crippen LogP contribution in [0.3, 0.4) is 0 Å². The number of hydrogen-bond acceptors (Lipinski definition) is 5. The van der Waals surface area contributed by atoms with Gasteiger partial charge in [-0.3, -0.25) is 4.79 Å². The molecule has 2 aromatic heterocycles. The summed E-state index contributed by atoms with van der Waals surface area (Å²) in [6, 6.07) is 19.0. The smallest absolute Gasteiger partial charge is 0.254 e. The van der Waals surface area contributed by atoms with Crippen LogP contribution < -0.4 is 11.1 Å². The Balaban J connectivity index is 1.63. The molecule has 0 aliphatic heterocycles. The normalized spacial score (nSPS) is 10.8. The molecule has 7 heteroatoms. The van der Waals surface area contributed by atoms with E-state index in [-0.39, 0.29) is 0 Å². The average Bonchev–Trinajstić information content (AvgIpc) is 3.16. The second kappa shape index (κ2) is 6.64. The van der Waals surface area contributed by atoms with E-state index in [2.05, 4.69) is 20.4 Å². The summed E-state index contributed by atoms with van der Waals surface area (Å²) in [4.78, 5) is 19.9. The molecule has 0 spiro atoms. The van der Waals surface area contributed by atoms with Crippen LogP contribution in [0.15, 0.2) is 67.0 Å². The lowest BCUT2D eigenvalue weighted by Crippen LogP contribution is -2.11. The maximum atomic E-state index is 11.2. The van der Waals surface area contributed by atoms with Gasteiger partial charge in [0.1, 0.15) is 12.1 Å². The number of nitrogens with one attached hydrogen (secondary N) is 1. The maximum absolute atomic E-state index is 11.2. The molecule has 4 rings (SSSR count). The van der Waals surface area contributed by atoms with Crippen molar-refractivity contribution in [1.82, 2.24) is 19.6 Å². The van der Waals surface area contributed by atoms with Gasteiger partial charge < -0.3 is 11.1 Å². The van der Waals surface area contributed by atoms with Crippen molar-refractivity contribution >= 4 is 17.5 Å². The maximum Gasteiger partial charge on any atom is 0.254 e. The molecule has 7 nitrogen and oxygen atoms in total. The van der Waals surface area contributed by atoms with Gasteiger partial charge in [0.15, 0.2) is 0 Å². The second-order valence-electron chi connectivity index (χ2n) is 5.78. The quantitative estimate of drug-likeness (QED) is 0.580. The number of anilines is 1. The first-order valence-corrected chi connectivity index (χ1v) is 8.09. The summed E-state index contributed by atoms with van der Waals surface area (Å²) < 4.78 is 1.66. The summed E-state index contributed by atoms with van der Waals surface area (Å²) in [6.45, 7) is 0.562. The fourth-order valence-electron chi connectivity index (χ4n) is 2.67. The Morgan fingerprint density at radius 3 is 2.58 bits per heavy atom. The molecule has 3 N–H and O–H groups in total. The Morgan fingerprint density at radius 1 is 1.08 bits per heavy atom. The molecule has 0 atom stereocenters. The van der Waals surface area contributed by atoms with Gasteiger partial charge in [-0.15, -0.1) is 0 Å². The highest BCUT2D eigenvalue weighted by atomic mass is 16.1. The van der Waals surface area contributed by atoms with Crippen LogP contribution >= 0.6 is 0 Å². The van der Waals surface area contributed by atoms with E-state index < -0.39 is 5.91 Å². The van der Waals surface area contributed by atoms with Gasteiger partial charge in [-0.25, -0.2) is 4.98 Å². The van der Waals surface area contributed by atoms with Gasteiger partial charge in [0, 0.05) is 23.7 Å². The van der Waals surface area contributed by atoms with Crippen molar-refractivity contribution < 1.29 is 4.79 Å². The van der Waals surface area contributed by atoms with Crippen LogP contribution in [-0.4, -0.2) is 25.5 Å². The van der Waals surface area contributed by atoms with E-state index in [1.165, 1.54) is 6.33 Å². The van der Waals surface area contributed by atoms with E-state index >= 15 is 0 Å². The highest BCUT2D eigenvalue weighted by molar-refractivity contribution is 5.92. The zero-order chi connectivity index (χ0) is 17.9. The lowest BCUT2D eigenvalue weighted by atomic mass is 10.1. The molecule has 0 fully saturated rings. The van der Waals surface area contributed by atoms with Crippen LogP contribution in [0.4, 0.5) is 5.82 Å². The van der Waals surface area contributed by atoms with Crippen LogP contribution in [-0.2, 0) is 6.54 Å². The number of primary amides is 1. The molecule has 2 aromatic carbocycles. The van der Waals surface area contributed by atoms with Crippen molar-refractivity contribution in [2.24, 2.45) is 5.73 Å². The number of rotatable bonds is 5. The monoisotopic (exact) mass is 344 g/mol. The molecule has 0 bridgehead atoms. The van der Waals surface area contributed by atoms with Gasteiger partial charge in [-0.1, -0.05) is 42.5 Å². The summed E-state index contributed by atoms with van der Waals surface area (Å²) >= 11 is 0. The van der Waals surface area contributed by atoms with Crippen molar-refractivity contribution in [3.05, 3.63) is 78.1 Å². The fraction of sp³-hybridized carbons (Fsp3) is 0.0526. The van der Waals surface area contributed by atoms with E-state index in [0.717, 1.165) is 22.6 Å². The number of nitrogens with zero attached hydrogens (tertiary/aromatic N) is 4. The van der Waals surface area contributed by atoms with Crippen molar-refractivity contribution in [3.8, 4) is 11.3 Å². The van der Waals surface area contributed by atoms with Gasteiger partial charge in [-0.2, -0.15) is 14.6 Å². The SMILES string of the molecule is NC(=O)c1ccc(CNc2cc(-c3ccccc3)nc3ncnn23)cc1.